The first-order valence-electron chi connectivity index (χ1n) is 10.3. The average molecular weight is 459 g/mol. The Labute approximate surface area is 187 Å². The summed E-state index contributed by atoms with van der Waals surface area (Å²) in [4.78, 5) is 21.4. The van der Waals surface area contributed by atoms with Gasteiger partial charge in [0.2, 0.25) is 0 Å². The van der Waals surface area contributed by atoms with E-state index in [0.717, 1.165) is 0 Å². The Bertz CT molecular complexity index is 1200. The summed E-state index contributed by atoms with van der Waals surface area (Å²) in [5.74, 6) is -0.658. The Hall–Kier alpha value is -2.82. The second kappa shape index (κ2) is 7.65. The summed E-state index contributed by atoms with van der Waals surface area (Å²) in [7, 11) is 0. The van der Waals surface area contributed by atoms with Crippen molar-refractivity contribution in [2.24, 2.45) is 5.73 Å². The Morgan fingerprint density at radius 1 is 1.28 bits per heavy atom. The molecule has 3 atom stereocenters. The first-order valence-corrected chi connectivity index (χ1v) is 11.1. The van der Waals surface area contributed by atoms with E-state index < -0.39 is 17.5 Å². The number of hydrogen-bond donors (Lipinski definition) is 2. The fraction of sp³-hybridized carbons (Fsp3) is 0.409. The van der Waals surface area contributed by atoms with Crippen LogP contribution in [0.5, 0.6) is 5.75 Å². The molecule has 3 N–H and O–H groups in total. The minimum atomic E-state index is -0.591. The van der Waals surface area contributed by atoms with Gasteiger partial charge in [0.05, 0.1) is 28.2 Å². The zero-order valence-electron chi connectivity index (χ0n) is 17.8. The fourth-order valence-electron chi connectivity index (χ4n) is 4.42. The molecular formula is C22H23FN4O4S. The van der Waals surface area contributed by atoms with E-state index in [1.807, 2.05) is 13.8 Å². The van der Waals surface area contributed by atoms with Crippen LogP contribution in [0.15, 0.2) is 24.5 Å². The van der Waals surface area contributed by atoms with E-state index in [-0.39, 0.29) is 18.3 Å². The minimum absolute atomic E-state index is 0.0397. The first-order chi connectivity index (χ1) is 15.2. The summed E-state index contributed by atoms with van der Waals surface area (Å²) in [6.07, 6.45) is 2.48. The molecule has 1 saturated carbocycles. The molecule has 1 aromatic carbocycles. The molecule has 3 heterocycles. The molecule has 0 spiro atoms. The topological polar surface area (TPSA) is 109 Å². The van der Waals surface area contributed by atoms with Gasteiger partial charge >= 0.3 is 0 Å². The van der Waals surface area contributed by atoms with Gasteiger partial charge in [-0.2, -0.15) is 0 Å². The molecule has 0 bridgehead atoms. The van der Waals surface area contributed by atoms with Crippen LogP contribution in [0, 0.1) is 12.7 Å². The van der Waals surface area contributed by atoms with Crippen molar-refractivity contribution in [2.45, 2.75) is 57.7 Å². The number of carbonyl (C=O) groups excluding carboxylic acids is 1. The smallest absolute Gasteiger partial charge is 0.259 e. The SMILES string of the molecule is Cc1c(C(N)=O)sc2ncnc(Nc3ccc(F)cc3O[C@H]3C[C@@H]4OC(C)(C)O[C@@H]4C3)c12. The lowest BCUT2D eigenvalue weighted by Gasteiger charge is -2.22. The number of carbonyl (C=O) groups is 1. The second-order valence-electron chi connectivity index (χ2n) is 8.51. The predicted molar refractivity (Wildman–Crippen MR) is 118 cm³/mol. The van der Waals surface area contributed by atoms with Crippen LogP contribution in [-0.4, -0.2) is 40.0 Å². The Kier molecular flexibility index (Phi) is 5.03. The van der Waals surface area contributed by atoms with Crippen LogP contribution >= 0.6 is 11.3 Å². The van der Waals surface area contributed by atoms with Gasteiger partial charge in [0, 0.05) is 18.9 Å². The number of nitrogens with one attached hydrogen (secondary N) is 1. The first kappa shape index (κ1) is 21.0. The monoisotopic (exact) mass is 458 g/mol. The standard InChI is InChI=1S/C22H23FN4O4S/c1-10-17-20(25-9-26-21(17)32-18(10)19(24)28)27-13-5-4-11(23)6-14(13)29-12-7-15-16(8-12)31-22(2,3)30-15/h4-6,9,12,15-16H,7-8H2,1-3H3,(H2,24,28)(H,25,26,27)/t12-,15-,16+. The summed E-state index contributed by atoms with van der Waals surface area (Å²) in [6.45, 7) is 5.59. The van der Waals surface area contributed by atoms with Crippen LogP contribution in [-0.2, 0) is 9.47 Å². The number of primary amides is 1. The van der Waals surface area contributed by atoms with Crippen molar-refractivity contribution in [3.05, 3.63) is 40.8 Å². The van der Waals surface area contributed by atoms with Crippen molar-refractivity contribution in [1.29, 1.82) is 0 Å². The zero-order valence-corrected chi connectivity index (χ0v) is 18.7. The Balaban J connectivity index is 1.42. The number of aromatic nitrogens is 2. The maximum atomic E-state index is 14.1. The van der Waals surface area contributed by atoms with Gasteiger partial charge in [-0.3, -0.25) is 4.79 Å². The fourth-order valence-corrected chi connectivity index (χ4v) is 5.43. The highest BCUT2D eigenvalue weighted by molar-refractivity contribution is 7.20. The predicted octanol–water partition coefficient (Wildman–Crippen LogP) is 4.04. The van der Waals surface area contributed by atoms with Crippen LogP contribution < -0.4 is 15.8 Å². The van der Waals surface area contributed by atoms with Crippen molar-refractivity contribution in [2.75, 3.05) is 5.32 Å². The molecule has 1 saturated heterocycles. The highest BCUT2D eigenvalue weighted by Crippen LogP contribution is 2.41. The molecule has 168 valence electrons. The number of aryl methyl sites for hydroxylation is 1. The van der Waals surface area contributed by atoms with Crippen molar-refractivity contribution in [3.8, 4) is 5.75 Å². The molecule has 1 amide bonds. The molecule has 2 aromatic heterocycles. The summed E-state index contributed by atoms with van der Waals surface area (Å²) in [5.41, 5.74) is 6.74. The van der Waals surface area contributed by atoms with E-state index in [0.29, 0.717) is 50.8 Å². The van der Waals surface area contributed by atoms with Crippen LogP contribution in [0.2, 0.25) is 0 Å². The number of thiophene rings is 1. The van der Waals surface area contributed by atoms with Gasteiger partial charge in [0.15, 0.2) is 5.79 Å². The minimum Gasteiger partial charge on any atom is -0.488 e. The van der Waals surface area contributed by atoms with Crippen LogP contribution in [0.3, 0.4) is 0 Å². The number of amides is 1. The van der Waals surface area contributed by atoms with E-state index in [2.05, 4.69) is 15.3 Å². The van der Waals surface area contributed by atoms with E-state index in [4.69, 9.17) is 19.9 Å². The number of halogens is 1. The molecule has 2 aliphatic rings. The quantitative estimate of drug-likeness (QED) is 0.594. The van der Waals surface area contributed by atoms with Crippen molar-refractivity contribution >= 4 is 39.0 Å². The summed E-state index contributed by atoms with van der Waals surface area (Å²) < 4.78 is 32.1. The third kappa shape index (κ3) is 3.78. The third-order valence-electron chi connectivity index (χ3n) is 5.72. The number of hydrogen-bond acceptors (Lipinski definition) is 8. The van der Waals surface area contributed by atoms with Gasteiger partial charge in [0.1, 0.15) is 34.6 Å². The Morgan fingerprint density at radius 3 is 2.69 bits per heavy atom. The van der Waals surface area contributed by atoms with E-state index in [1.54, 1.807) is 13.0 Å². The maximum absolute atomic E-state index is 14.1. The van der Waals surface area contributed by atoms with Crippen molar-refractivity contribution in [1.82, 2.24) is 9.97 Å². The molecule has 1 aliphatic heterocycles. The number of nitrogens with two attached hydrogens (primary N) is 1. The molecule has 0 unspecified atom stereocenters. The van der Waals surface area contributed by atoms with Gasteiger partial charge in [-0.1, -0.05) is 0 Å². The molecule has 2 fully saturated rings. The highest BCUT2D eigenvalue weighted by atomic mass is 32.1. The number of anilines is 2. The van der Waals surface area contributed by atoms with E-state index in [9.17, 15) is 9.18 Å². The molecule has 32 heavy (non-hydrogen) atoms. The van der Waals surface area contributed by atoms with Crippen LogP contribution in [0.4, 0.5) is 15.9 Å². The number of fused-ring (bicyclic) bond motifs is 2. The highest BCUT2D eigenvalue weighted by Gasteiger charge is 2.48. The number of benzene rings is 1. The van der Waals surface area contributed by atoms with Gasteiger partial charge in [0.25, 0.3) is 5.91 Å². The second-order valence-corrected chi connectivity index (χ2v) is 9.51. The van der Waals surface area contributed by atoms with E-state index in [1.165, 1.54) is 29.8 Å². The van der Waals surface area contributed by atoms with E-state index >= 15 is 0 Å². The summed E-state index contributed by atoms with van der Waals surface area (Å²) >= 11 is 1.21. The lowest BCUT2D eigenvalue weighted by Crippen LogP contribution is -2.25. The van der Waals surface area contributed by atoms with Gasteiger partial charge in [-0.05, 0) is 38.5 Å². The molecule has 1 aliphatic carbocycles. The van der Waals surface area contributed by atoms with Crippen molar-refractivity contribution < 1.29 is 23.4 Å². The lowest BCUT2D eigenvalue weighted by molar-refractivity contribution is -0.155. The zero-order chi connectivity index (χ0) is 22.6. The van der Waals surface area contributed by atoms with Gasteiger partial charge in [-0.15, -0.1) is 11.3 Å². The maximum Gasteiger partial charge on any atom is 0.259 e. The average Bonchev–Trinajstić information content (AvgIpc) is 3.32. The number of rotatable bonds is 5. The van der Waals surface area contributed by atoms with Gasteiger partial charge < -0.3 is 25.3 Å². The lowest BCUT2D eigenvalue weighted by atomic mass is 10.2. The molecular weight excluding hydrogens is 435 g/mol. The third-order valence-corrected chi connectivity index (χ3v) is 6.93. The Morgan fingerprint density at radius 2 is 2.00 bits per heavy atom. The summed E-state index contributed by atoms with van der Waals surface area (Å²) in [5, 5.41) is 3.92. The normalized spacial score (nSPS) is 23.9. The summed E-state index contributed by atoms with van der Waals surface area (Å²) in [6, 6.07) is 4.29. The molecule has 8 nitrogen and oxygen atoms in total. The molecule has 5 rings (SSSR count). The largest absolute Gasteiger partial charge is 0.488 e. The number of nitrogens with zero attached hydrogens (tertiary/aromatic N) is 2. The molecule has 3 aromatic rings. The van der Waals surface area contributed by atoms with Crippen LogP contribution in [0.1, 0.15) is 41.9 Å². The molecule has 10 heteroatoms. The number of ether oxygens (including phenoxy) is 3. The van der Waals surface area contributed by atoms with Gasteiger partial charge in [-0.25, -0.2) is 14.4 Å². The van der Waals surface area contributed by atoms with Crippen LogP contribution in [0.25, 0.3) is 10.2 Å². The molecule has 0 radical (unpaired) electrons. The van der Waals surface area contributed by atoms with Crippen molar-refractivity contribution in [3.63, 3.8) is 0 Å².